The van der Waals surface area contributed by atoms with E-state index in [4.69, 9.17) is 9.26 Å². The lowest BCUT2D eigenvalue weighted by Crippen LogP contribution is -2.35. The zero-order chi connectivity index (χ0) is 20.1. The minimum atomic E-state index is -0.392. The first kappa shape index (κ1) is 20.0. The maximum Gasteiger partial charge on any atom is 0.316 e. The molecule has 0 bridgehead atoms. The Morgan fingerprint density at radius 2 is 1.90 bits per heavy atom. The Bertz CT molecular complexity index is 949. The molecule has 1 N–H and O–H groups in total. The lowest BCUT2D eigenvalue weighted by molar-refractivity contribution is 0.0342. The summed E-state index contributed by atoms with van der Waals surface area (Å²) >= 11 is 2.17. The molecule has 1 aliphatic rings. The van der Waals surface area contributed by atoms with E-state index in [2.05, 4.69) is 60.2 Å². The number of aromatic nitrogens is 4. The van der Waals surface area contributed by atoms with Crippen molar-refractivity contribution in [2.45, 2.75) is 19.6 Å². The highest BCUT2D eigenvalue weighted by Crippen LogP contribution is 2.10. The van der Waals surface area contributed by atoms with Crippen LogP contribution in [0.1, 0.15) is 27.6 Å². The average molecular weight is 508 g/mol. The van der Waals surface area contributed by atoms with Gasteiger partial charge in [-0.3, -0.25) is 14.4 Å². The van der Waals surface area contributed by atoms with Crippen molar-refractivity contribution >= 4 is 28.5 Å². The number of nitrogens with one attached hydrogen (secondary N) is 1. The van der Waals surface area contributed by atoms with Gasteiger partial charge in [-0.2, -0.15) is 10.1 Å². The minimum absolute atomic E-state index is 0.0502. The fraction of sp³-hybridized carbons (Fsp3) is 0.368. The molecule has 3 heterocycles. The van der Waals surface area contributed by atoms with Crippen molar-refractivity contribution in [3.63, 3.8) is 0 Å². The Morgan fingerprint density at radius 3 is 2.62 bits per heavy atom. The molecule has 0 spiro atoms. The van der Waals surface area contributed by atoms with Crippen LogP contribution in [-0.2, 0) is 24.4 Å². The number of ether oxygens (including phenoxy) is 1. The third-order valence-electron chi connectivity index (χ3n) is 4.55. The highest BCUT2D eigenvalue weighted by molar-refractivity contribution is 14.1. The lowest BCUT2D eigenvalue weighted by atomic mass is 10.1. The van der Waals surface area contributed by atoms with Gasteiger partial charge in [-0.25, -0.2) is 0 Å². The van der Waals surface area contributed by atoms with Crippen LogP contribution in [0.5, 0.6) is 0 Å². The number of carbonyl (C=O) groups excluding carboxylic acids is 1. The van der Waals surface area contributed by atoms with E-state index in [1.807, 2.05) is 18.3 Å². The molecule has 1 fully saturated rings. The Balaban J connectivity index is 1.27. The van der Waals surface area contributed by atoms with Crippen LogP contribution in [0.3, 0.4) is 0 Å². The van der Waals surface area contributed by atoms with Gasteiger partial charge in [0.2, 0.25) is 0 Å². The minimum Gasteiger partial charge on any atom is -0.379 e. The quantitative estimate of drug-likeness (QED) is 0.485. The third-order valence-corrected chi connectivity index (χ3v) is 5.11. The number of hydrogen-bond donors (Lipinski definition) is 1. The highest BCUT2D eigenvalue weighted by atomic mass is 127. The number of nitrogens with zero attached hydrogens (tertiary/aromatic N) is 5. The van der Waals surface area contributed by atoms with Crippen molar-refractivity contribution in [3.05, 3.63) is 63.1 Å². The van der Waals surface area contributed by atoms with Crippen LogP contribution in [0.4, 0.5) is 0 Å². The topological polar surface area (TPSA) is 98.3 Å². The van der Waals surface area contributed by atoms with Crippen molar-refractivity contribution in [1.29, 1.82) is 0 Å². The first-order valence-electron chi connectivity index (χ1n) is 9.32. The molecule has 0 atom stereocenters. The van der Waals surface area contributed by atoms with Crippen molar-refractivity contribution < 1.29 is 14.1 Å². The Kier molecular flexibility index (Phi) is 6.52. The number of carbonyl (C=O) groups is 1. The Labute approximate surface area is 181 Å². The fourth-order valence-electron chi connectivity index (χ4n) is 3.02. The number of halogens is 1. The van der Waals surface area contributed by atoms with Gasteiger partial charge in [-0.1, -0.05) is 29.4 Å². The smallest absolute Gasteiger partial charge is 0.316 e. The van der Waals surface area contributed by atoms with Crippen LogP contribution < -0.4 is 5.32 Å². The first-order chi connectivity index (χ1) is 14.2. The second kappa shape index (κ2) is 9.46. The molecule has 152 valence electrons. The van der Waals surface area contributed by atoms with E-state index in [0.717, 1.165) is 42.0 Å². The van der Waals surface area contributed by atoms with Gasteiger partial charge >= 0.3 is 11.8 Å². The molecule has 1 aromatic carbocycles. The van der Waals surface area contributed by atoms with E-state index in [1.54, 1.807) is 10.9 Å². The summed E-state index contributed by atoms with van der Waals surface area (Å²) in [6, 6.07) is 8.23. The van der Waals surface area contributed by atoms with Gasteiger partial charge in [0.15, 0.2) is 5.82 Å². The molecule has 4 rings (SSSR count). The van der Waals surface area contributed by atoms with E-state index in [-0.39, 0.29) is 5.89 Å². The molecule has 9 nitrogen and oxygen atoms in total. The Hall–Kier alpha value is -2.31. The van der Waals surface area contributed by atoms with E-state index < -0.39 is 5.91 Å². The maximum absolute atomic E-state index is 12.3. The van der Waals surface area contributed by atoms with Gasteiger partial charge in [0, 0.05) is 32.4 Å². The van der Waals surface area contributed by atoms with Gasteiger partial charge in [-0.15, -0.1) is 0 Å². The molecule has 3 aromatic rings. The van der Waals surface area contributed by atoms with Crippen LogP contribution >= 0.6 is 22.6 Å². The van der Waals surface area contributed by atoms with Crippen LogP contribution in [0.2, 0.25) is 0 Å². The SMILES string of the molecule is O=C(NCc1ccc(CN2CCOCC2)cc1)c1nc(Cn2cc(I)cn2)no1. The van der Waals surface area contributed by atoms with Gasteiger partial charge < -0.3 is 14.6 Å². The molecular formula is C19H21IN6O3. The number of morpholine rings is 1. The van der Waals surface area contributed by atoms with E-state index in [1.165, 1.54) is 5.56 Å². The summed E-state index contributed by atoms with van der Waals surface area (Å²) in [5.74, 6) is -0.0379. The fourth-order valence-corrected chi connectivity index (χ4v) is 3.46. The molecule has 0 aliphatic carbocycles. The molecule has 0 radical (unpaired) electrons. The summed E-state index contributed by atoms with van der Waals surface area (Å²) in [6.07, 6.45) is 3.60. The van der Waals surface area contributed by atoms with Crippen molar-refractivity contribution in [3.8, 4) is 0 Å². The van der Waals surface area contributed by atoms with Crippen molar-refractivity contribution in [1.82, 2.24) is 30.1 Å². The van der Waals surface area contributed by atoms with Crippen LogP contribution in [0.25, 0.3) is 0 Å². The normalized spacial score (nSPS) is 14.8. The molecule has 1 saturated heterocycles. The third kappa shape index (κ3) is 5.61. The van der Waals surface area contributed by atoms with Gasteiger partial charge in [-0.05, 0) is 33.7 Å². The van der Waals surface area contributed by atoms with E-state index >= 15 is 0 Å². The second-order valence-corrected chi connectivity index (χ2v) is 8.01. The molecule has 1 amide bonds. The number of benzene rings is 1. The van der Waals surface area contributed by atoms with Crippen LogP contribution in [0.15, 0.2) is 41.2 Å². The molecular weight excluding hydrogens is 487 g/mol. The maximum atomic E-state index is 12.3. The number of hydrogen-bond acceptors (Lipinski definition) is 7. The standard InChI is InChI=1S/C19H21IN6O3/c20-16-10-22-26(12-16)13-17-23-19(29-24-17)18(27)21-9-14-1-3-15(4-2-14)11-25-5-7-28-8-6-25/h1-4,10,12H,5-9,11,13H2,(H,21,27). The molecule has 0 saturated carbocycles. The summed E-state index contributed by atoms with van der Waals surface area (Å²) < 4.78 is 13.1. The van der Waals surface area contributed by atoms with Crippen molar-refractivity contribution in [2.75, 3.05) is 26.3 Å². The molecule has 0 unspecified atom stereocenters. The highest BCUT2D eigenvalue weighted by Gasteiger charge is 2.15. The summed E-state index contributed by atoms with van der Waals surface area (Å²) in [5, 5.41) is 10.8. The molecule has 10 heteroatoms. The predicted octanol–water partition coefficient (Wildman–Crippen LogP) is 1.68. The number of rotatable bonds is 7. The monoisotopic (exact) mass is 508 g/mol. The largest absolute Gasteiger partial charge is 0.379 e. The van der Waals surface area contributed by atoms with Crippen LogP contribution in [0, 0.1) is 3.57 Å². The summed E-state index contributed by atoms with van der Waals surface area (Å²) in [6.45, 7) is 5.17. The van der Waals surface area contributed by atoms with Gasteiger partial charge in [0.05, 0.1) is 23.0 Å². The predicted molar refractivity (Wildman–Crippen MR) is 112 cm³/mol. The summed E-state index contributed by atoms with van der Waals surface area (Å²) in [7, 11) is 0. The van der Waals surface area contributed by atoms with Crippen LogP contribution in [-0.4, -0.2) is 57.0 Å². The zero-order valence-electron chi connectivity index (χ0n) is 15.8. The van der Waals surface area contributed by atoms with Crippen molar-refractivity contribution in [2.24, 2.45) is 0 Å². The molecule has 29 heavy (non-hydrogen) atoms. The molecule has 2 aromatic heterocycles. The van der Waals surface area contributed by atoms with E-state index in [0.29, 0.717) is 18.9 Å². The summed E-state index contributed by atoms with van der Waals surface area (Å²) in [4.78, 5) is 18.8. The zero-order valence-corrected chi connectivity index (χ0v) is 17.9. The first-order valence-corrected chi connectivity index (χ1v) is 10.4. The van der Waals surface area contributed by atoms with Gasteiger partial charge in [0.25, 0.3) is 0 Å². The van der Waals surface area contributed by atoms with E-state index in [9.17, 15) is 4.79 Å². The number of amides is 1. The Morgan fingerprint density at radius 1 is 1.14 bits per heavy atom. The molecule has 1 aliphatic heterocycles. The lowest BCUT2D eigenvalue weighted by Gasteiger charge is -2.26. The average Bonchev–Trinajstić information content (AvgIpc) is 3.37. The van der Waals surface area contributed by atoms with Gasteiger partial charge in [0.1, 0.15) is 6.54 Å². The summed E-state index contributed by atoms with van der Waals surface area (Å²) in [5.41, 5.74) is 2.26. The second-order valence-electron chi connectivity index (χ2n) is 6.76.